The van der Waals surface area contributed by atoms with Gasteiger partial charge in [0.25, 0.3) is 5.91 Å². The summed E-state index contributed by atoms with van der Waals surface area (Å²) >= 11 is 0. The maximum Gasteiger partial charge on any atom is 0.278 e. The number of aromatic nitrogens is 2. The van der Waals surface area contributed by atoms with Gasteiger partial charge in [0.05, 0.1) is 11.4 Å². The van der Waals surface area contributed by atoms with Crippen LogP contribution in [0.25, 0.3) is 0 Å². The molecule has 1 aromatic heterocycles. The fourth-order valence-corrected chi connectivity index (χ4v) is 5.36. The summed E-state index contributed by atoms with van der Waals surface area (Å²) in [6, 6.07) is 7.41. The van der Waals surface area contributed by atoms with Crippen LogP contribution in [0.3, 0.4) is 0 Å². The van der Waals surface area contributed by atoms with Gasteiger partial charge in [-0.3, -0.25) is 4.79 Å². The minimum atomic E-state index is -3.62. The first-order valence-corrected chi connectivity index (χ1v) is 10.7. The van der Waals surface area contributed by atoms with Crippen molar-refractivity contribution in [1.82, 2.24) is 14.1 Å². The van der Waals surface area contributed by atoms with E-state index in [2.05, 4.69) is 25.9 Å². The molecule has 0 spiro atoms. The van der Waals surface area contributed by atoms with Gasteiger partial charge < -0.3 is 0 Å². The molecular formula is C20H27N3O3S. The molecule has 0 radical (unpaired) electrons. The number of aryl methyl sites for hydroxylation is 1. The van der Waals surface area contributed by atoms with Gasteiger partial charge in [0.2, 0.25) is 10.0 Å². The number of carbonyl (C=O) groups excluding carboxylic acids is 1. The summed E-state index contributed by atoms with van der Waals surface area (Å²) in [6.45, 7) is 10.7. The molecule has 2 aromatic rings. The Labute approximate surface area is 161 Å². The third-order valence-corrected chi connectivity index (χ3v) is 7.23. The topological polar surface area (TPSA) is 72.3 Å². The monoisotopic (exact) mass is 389 g/mol. The summed E-state index contributed by atoms with van der Waals surface area (Å²) in [4.78, 5) is 13.1. The summed E-state index contributed by atoms with van der Waals surface area (Å²) < 4.78 is 28.6. The van der Waals surface area contributed by atoms with E-state index in [-0.39, 0.29) is 16.2 Å². The smallest absolute Gasteiger partial charge is 0.267 e. The number of hydrogen-bond acceptors (Lipinski definition) is 4. The van der Waals surface area contributed by atoms with E-state index >= 15 is 0 Å². The minimum absolute atomic E-state index is 0.00322. The largest absolute Gasteiger partial charge is 0.278 e. The highest BCUT2D eigenvalue weighted by Gasteiger charge is 2.33. The zero-order chi connectivity index (χ0) is 20.0. The first-order valence-electron chi connectivity index (χ1n) is 9.25. The van der Waals surface area contributed by atoms with Gasteiger partial charge in [0.1, 0.15) is 4.90 Å². The van der Waals surface area contributed by atoms with Gasteiger partial charge in [-0.1, -0.05) is 32.9 Å². The van der Waals surface area contributed by atoms with Crippen molar-refractivity contribution in [3.63, 3.8) is 0 Å². The molecule has 0 atom stereocenters. The standard InChI is InChI=1S/C20H27N3O3S/c1-14-18(27(25,26)22-12-6-7-13-22)15(2)23(21-14)19(24)16-8-10-17(11-9-16)20(3,4)5/h8-11H,6-7,12-13H2,1-5H3. The molecule has 0 bridgehead atoms. The SMILES string of the molecule is Cc1nn(C(=O)c2ccc(C(C)(C)C)cc2)c(C)c1S(=O)(=O)N1CCCC1. The van der Waals surface area contributed by atoms with Crippen molar-refractivity contribution in [1.29, 1.82) is 0 Å². The fraction of sp³-hybridized carbons (Fsp3) is 0.500. The van der Waals surface area contributed by atoms with Crippen molar-refractivity contribution in [2.24, 2.45) is 0 Å². The summed E-state index contributed by atoms with van der Waals surface area (Å²) in [7, 11) is -3.62. The molecule has 2 heterocycles. The van der Waals surface area contributed by atoms with Crippen LogP contribution >= 0.6 is 0 Å². The molecule has 146 valence electrons. The Kier molecular flexibility index (Phi) is 5.03. The fourth-order valence-electron chi connectivity index (χ4n) is 3.49. The average Bonchev–Trinajstić information content (AvgIpc) is 3.22. The van der Waals surface area contributed by atoms with Crippen LogP contribution in [0.2, 0.25) is 0 Å². The number of rotatable bonds is 3. The van der Waals surface area contributed by atoms with Crippen LogP contribution in [0.5, 0.6) is 0 Å². The van der Waals surface area contributed by atoms with Crippen LogP contribution in [-0.4, -0.2) is 41.5 Å². The predicted molar refractivity (Wildman–Crippen MR) is 105 cm³/mol. The molecule has 6 nitrogen and oxygen atoms in total. The number of nitrogens with zero attached hydrogens (tertiary/aromatic N) is 3. The Bertz CT molecular complexity index is 961. The van der Waals surface area contributed by atoms with Gasteiger partial charge in [-0.05, 0) is 49.8 Å². The van der Waals surface area contributed by atoms with Crippen LogP contribution in [-0.2, 0) is 15.4 Å². The van der Waals surface area contributed by atoms with Crippen LogP contribution in [0.1, 0.15) is 60.9 Å². The number of benzene rings is 1. The number of carbonyl (C=O) groups is 1. The highest BCUT2D eigenvalue weighted by atomic mass is 32.2. The quantitative estimate of drug-likeness (QED) is 0.808. The molecule has 1 aromatic carbocycles. The molecule has 0 aliphatic carbocycles. The third-order valence-electron chi connectivity index (χ3n) is 5.08. The van der Waals surface area contributed by atoms with Crippen molar-refractivity contribution in [2.75, 3.05) is 13.1 Å². The predicted octanol–water partition coefficient (Wildman–Crippen LogP) is 3.27. The van der Waals surface area contributed by atoms with E-state index in [1.807, 2.05) is 12.1 Å². The van der Waals surface area contributed by atoms with E-state index in [4.69, 9.17) is 0 Å². The summed E-state index contributed by atoms with van der Waals surface area (Å²) in [6.07, 6.45) is 1.73. The van der Waals surface area contributed by atoms with Crippen LogP contribution in [0.4, 0.5) is 0 Å². The van der Waals surface area contributed by atoms with Gasteiger partial charge >= 0.3 is 0 Å². The molecule has 0 N–H and O–H groups in total. The van der Waals surface area contributed by atoms with Crippen LogP contribution < -0.4 is 0 Å². The Balaban J connectivity index is 1.98. The average molecular weight is 390 g/mol. The first kappa shape index (κ1) is 19.8. The molecule has 3 rings (SSSR count). The van der Waals surface area contributed by atoms with Crippen molar-refractivity contribution in [2.45, 2.75) is 57.8 Å². The Morgan fingerprint density at radius 1 is 1.04 bits per heavy atom. The molecule has 1 aliphatic heterocycles. The van der Waals surface area contributed by atoms with Crippen LogP contribution in [0, 0.1) is 13.8 Å². The summed E-state index contributed by atoms with van der Waals surface area (Å²) in [5, 5.41) is 4.26. The van der Waals surface area contributed by atoms with Gasteiger partial charge in [-0.2, -0.15) is 14.1 Å². The maximum absolute atomic E-state index is 13.0. The van der Waals surface area contributed by atoms with Gasteiger partial charge in [0.15, 0.2) is 0 Å². The molecule has 27 heavy (non-hydrogen) atoms. The zero-order valence-corrected chi connectivity index (χ0v) is 17.4. The molecule has 0 unspecified atom stereocenters. The second-order valence-electron chi connectivity index (χ2n) is 8.16. The first-order chi connectivity index (χ1) is 12.5. The molecular weight excluding hydrogens is 362 g/mol. The van der Waals surface area contributed by atoms with Crippen molar-refractivity contribution in [3.05, 3.63) is 46.8 Å². The number of sulfonamides is 1. The molecule has 0 saturated carbocycles. The van der Waals surface area contributed by atoms with Gasteiger partial charge in [-0.25, -0.2) is 8.42 Å². The summed E-state index contributed by atoms with van der Waals surface area (Å²) in [5.74, 6) is -0.320. The molecule has 1 fully saturated rings. The third kappa shape index (κ3) is 3.58. The number of hydrogen-bond donors (Lipinski definition) is 0. The van der Waals surface area contributed by atoms with E-state index in [9.17, 15) is 13.2 Å². The van der Waals surface area contributed by atoms with Crippen molar-refractivity contribution < 1.29 is 13.2 Å². The lowest BCUT2D eigenvalue weighted by Crippen LogP contribution is -2.29. The van der Waals surface area contributed by atoms with Gasteiger partial charge in [-0.15, -0.1) is 0 Å². The highest BCUT2D eigenvalue weighted by molar-refractivity contribution is 7.89. The Hall–Kier alpha value is -1.99. The lowest BCUT2D eigenvalue weighted by Gasteiger charge is -2.19. The van der Waals surface area contributed by atoms with Crippen LogP contribution in [0.15, 0.2) is 29.2 Å². The van der Waals surface area contributed by atoms with E-state index in [0.29, 0.717) is 30.0 Å². The van der Waals surface area contributed by atoms with Gasteiger partial charge in [0, 0.05) is 18.7 Å². The highest BCUT2D eigenvalue weighted by Crippen LogP contribution is 2.27. The lowest BCUT2D eigenvalue weighted by atomic mass is 9.87. The molecule has 1 saturated heterocycles. The maximum atomic E-state index is 13.0. The van der Waals surface area contributed by atoms with E-state index in [1.165, 1.54) is 8.99 Å². The Morgan fingerprint density at radius 3 is 2.11 bits per heavy atom. The van der Waals surface area contributed by atoms with Crippen molar-refractivity contribution in [3.8, 4) is 0 Å². The second-order valence-corrected chi connectivity index (χ2v) is 10.0. The van der Waals surface area contributed by atoms with E-state index in [0.717, 1.165) is 18.4 Å². The van der Waals surface area contributed by atoms with E-state index in [1.54, 1.807) is 26.0 Å². The minimum Gasteiger partial charge on any atom is -0.267 e. The van der Waals surface area contributed by atoms with E-state index < -0.39 is 10.0 Å². The molecule has 7 heteroatoms. The normalized spacial score (nSPS) is 16.0. The Morgan fingerprint density at radius 2 is 1.59 bits per heavy atom. The van der Waals surface area contributed by atoms with Crippen molar-refractivity contribution >= 4 is 15.9 Å². The summed E-state index contributed by atoms with van der Waals surface area (Å²) in [5.41, 5.74) is 2.34. The zero-order valence-electron chi connectivity index (χ0n) is 16.6. The molecule has 0 amide bonds. The molecule has 1 aliphatic rings. The lowest BCUT2D eigenvalue weighted by molar-refractivity contribution is 0.0942. The second kappa shape index (κ2) is 6.87.